The van der Waals surface area contributed by atoms with Crippen LogP contribution in [0.4, 0.5) is 0 Å². The summed E-state index contributed by atoms with van der Waals surface area (Å²) in [6.07, 6.45) is 1.03. The highest BCUT2D eigenvalue weighted by Crippen LogP contribution is 2.14. The van der Waals surface area contributed by atoms with Gasteiger partial charge in [-0.15, -0.1) is 0 Å². The van der Waals surface area contributed by atoms with Crippen molar-refractivity contribution < 1.29 is 21.6 Å². The number of nitrogens with two attached hydrogens (primary N) is 1. The third kappa shape index (κ3) is 6.01. The fraction of sp³-hybridized carbons (Fsp3) is 0.600. The zero-order chi connectivity index (χ0) is 18.7. The molecule has 0 saturated carbocycles. The quantitative estimate of drug-likeness (QED) is 0.637. The number of ether oxygens (including phenoxy) is 1. The highest BCUT2D eigenvalue weighted by molar-refractivity contribution is 7.89. The maximum Gasteiger partial charge on any atom is 0.240 e. The predicted octanol–water partition coefficient (Wildman–Crippen LogP) is 0.112. The van der Waals surface area contributed by atoms with Crippen LogP contribution < -0.4 is 9.86 Å². The molecule has 0 aliphatic carbocycles. The molecule has 142 valence electrons. The maximum absolute atomic E-state index is 12.2. The largest absolute Gasteiger partial charge is 0.373 e. The molecule has 2 rings (SSSR count). The molecule has 1 aromatic carbocycles. The normalized spacial score (nSPS) is 22.8. The van der Waals surface area contributed by atoms with Crippen LogP contribution >= 0.6 is 0 Å². The van der Waals surface area contributed by atoms with Gasteiger partial charge in [0.2, 0.25) is 20.0 Å². The van der Waals surface area contributed by atoms with E-state index in [-0.39, 0.29) is 22.0 Å². The Bertz CT molecular complexity index is 768. The van der Waals surface area contributed by atoms with E-state index in [4.69, 9.17) is 9.88 Å². The highest BCUT2D eigenvalue weighted by atomic mass is 32.2. The summed E-state index contributed by atoms with van der Waals surface area (Å²) < 4.78 is 55.0. The summed E-state index contributed by atoms with van der Waals surface area (Å²) in [5.74, 6) is 0. The molecule has 25 heavy (non-hydrogen) atoms. The lowest BCUT2D eigenvalue weighted by molar-refractivity contribution is -0.0679. The van der Waals surface area contributed by atoms with Crippen LogP contribution in [0.3, 0.4) is 0 Å². The molecule has 0 spiro atoms. The molecule has 3 N–H and O–H groups in total. The number of sulfonamides is 2. The average Bonchev–Trinajstić information content (AvgIpc) is 2.50. The Morgan fingerprint density at radius 3 is 2.12 bits per heavy atom. The first-order valence-electron chi connectivity index (χ1n) is 8.08. The Morgan fingerprint density at radius 2 is 1.60 bits per heavy atom. The van der Waals surface area contributed by atoms with E-state index in [0.29, 0.717) is 13.0 Å². The van der Waals surface area contributed by atoms with Gasteiger partial charge in [0, 0.05) is 19.6 Å². The summed E-state index contributed by atoms with van der Waals surface area (Å²) in [6.45, 7) is 6.82. The maximum atomic E-state index is 12.2. The fourth-order valence-corrected chi connectivity index (χ4v) is 4.46. The molecule has 1 aromatic rings. The van der Waals surface area contributed by atoms with Gasteiger partial charge in [-0.1, -0.05) is 0 Å². The number of benzene rings is 1. The SMILES string of the molecule is CC1CN(CCCNS(=O)(=O)c2ccc(S(N)(=O)=O)cc2)CC(C)O1. The second-order valence-electron chi connectivity index (χ2n) is 6.28. The summed E-state index contributed by atoms with van der Waals surface area (Å²) in [6, 6.07) is 4.82. The van der Waals surface area contributed by atoms with Crippen LogP contribution in [-0.4, -0.2) is 60.1 Å². The van der Waals surface area contributed by atoms with Crippen LogP contribution in [-0.2, 0) is 24.8 Å². The monoisotopic (exact) mass is 391 g/mol. The third-order valence-corrected chi connectivity index (χ3v) is 6.31. The standard InChI is InChI=1S/C15H25N3O5S2/c1-12-10-18(11-13(2)23-12)9-3-8-17-25(21,22)15-6-4-14(5-7-15)24(16,19)20/h4-7,12-13,17H,3,8-11H2,1-2H3,(H2,16,19,20). The number of hydrogen-bond donors (Lipinski definition) is 2. The number of morpholine rings is 1. The summed E-state index contributed by atoms with van der Waals surface area (Å²) in [7, 11) is -7.51. The Kier molecular flexibility index (Phi) is 6.57. The zero-order valence-corrected chi connectivity index (χ0v) is 16.0. The van der Waals surface area contributed by atoms with Gasteiger partial charge in [-0.3, -0.25) is 4.90 Å². The topological polar surface area (TPSA) is 119 Å². The Morgan fingerprint density at radius 1 is 1.08 bits per heavy atom. The van der Waals surface area contributed by atoms with E-state index in [0.717, 1.165) is 19.6 Å². The molecular formula is C15H25N3O5S2. The lowest BCUT2D eigenvalue weighted by Gasteiger charge is -2.35. The van der Waals surface area contributed by atoms with Crippen molar-refractivity contribution in [2.24, 2.45) is 5.14 Å². The highest BCUT2D eigenvalue weighted by Gasteiger charge is 2.22. The first-order chi connectivity index (χ1) is 11.6. The van der Waals surface area contributed by atoms with Crippen molar-refractivity contribution in [2.45, 2.75) is 42.3 Å². The Balaban J connectivity index is 1.85. The van der Waals surface area contributed by atoms with Gasteiger partial charge in [0.05, 0.1) is 22.0 Å². The molecule has 0 bridgehead atoms. The Hall–Kier alpha value is -1.04. The van der Waals surface area contributed by atoms with Gasteiger partial charge in [-0.25, -0.2) is 26.7 Å². The van der Waals surface area contributed by atoms with E-state index >= 15 is 0 Å². The minimum absolute atomic E-state index is 0.00789. The number of nitrogens with one attached hydrogen (secondary N) is 1. The van der Waals surface area contributed by atoms with Crippen LogP contribution in [0.2, 0.25) is 0 Å². The molecular weight excluding hydrogens is 366 g/mol. The number of nitrogens with zero attached hydrogens (tertiary/aromatic N) is 1. The zero-order valence-electron chi connectivity index (χ0n) is 14.4. The first kappa shape index (κ1) is 20.3. The van der Waals surface area contributed by atoms with Crippen molar-refractivity contribution in [2.75, 3.05) is 26.2 Å². The minimum Gasteiger partial charge on any atom is -0.373 e. The van der Waals surface area contributed by atoms with E-state index in [1.807, 2.05) is 13.8 Å². The number of hydrogen-bond acceptors (Lipinski definition) is 6. The number of rotatable bonds is 7. The molecule has 0 radical (unpaired) electrons. The van der Waals surface area contributed by atoms with E-state index in [1.54, 1.807) is 0 Å². The summed E-state index contributed by atoms with van der Waals surface area (Å²) in [5, 5.41) is 5.00. The van der Waals surface area contributed by atoms with E-state index < -0.39 is 20.0 Å². The summed E-state index contributed by atoms with van der Waals surface area (Å²) >= 11 is 0. The smallest absolute Gasteiger partial charge is 0.240 e. The summed E-state index contributed by atoms with van der Waals surface area (Å²) in [4.78, 5) is 2.14. The summed E-state index contributed by atoms with van der Waals surface area (Å²) in [5.41, 5.74) is 0. The van der Waals surface area contributed by atoms with Gasteiger partial charge in [0.25, 0.3) is 0 Å². The van der Waals surface area contributed by atoms with Gasteiger partial charge in [-0.2, -0.15) is 0 Å². The first-order valence-corrected chi connectivity index (χ1v) is 11.1. The van der Waals surface area contributed by atoms with Crippen molar-refractivity contribution in [3.05, 3.63) is 24.3 Å². The average molecular weight is 392 g/mol. The lowest BCUT2D eigenvalue weighted by atomic mass is 10.2. The number of primary sulfonamides is 1. The van der Waals surface area contributed by atoms with E-state index in [1.165, 1.54) is 24.3 Å². The van der Waals surface area contributed by atoms with Gasteiger partial charge in [0.1, 0.15) is 0 Å². The second kappa shape index (κ2) is 8.11. The van der Waals surface area contributed by atoms with Gasteiger partial charge < -0.3 is 4.74 Å². The minimum atomic E-state index is -3.84. The van der Waals surface area contributed by atoms with Crippen LogP contribution in [0.1, 0.15) is 20.3 Å². The van der Waals surface area contributed by atoms with Crippen LogP contribution in [0.5, 0.6) is 0 Å². The van der Waals surface area contributed by atoms with E-state index in [2.05, 4.69) is 9.62 Å². The van der Waals surface area contributed by atoms with Crippen molar-refractivity contribution in [1.29, 1.82) is 0 Å². The molecule has 8 nitrogen and oxygen atoms in total. The molecule has 2 unspecified atom stereocenters. The fourth-order valence-electron chi connectivity index (χ4n) is 2.87. The molecule has 1 fully saturated rings. The van der Waals surface area contributed by atoms with Crippen molar-refractivity contribution >= 4 is 20.0 Å². The van der Waals surface area contributed by atoms with E-state index in [9.17, 15) is 16.8 Å². The molecule has 1 heterocycles. The molecule has 1 aliphatic rings. The molecule has 0 aromatic heterocycles. The van der Waals surface area contributed by atoms with Crippen LogP contribution in [0.25, 0.3) is 0 Å². The van der Waals surface area contributed by atoms with Crippen LogP contribution in [0, 0.1) is 0 Å². The molecule has 0 amide bonds. The molecule has 2 atom stereocenters. The molecule has 1 aliphatic heterocycles. The van der Waals surface area contributed by atoms with Gasteiger partial charge in [-0.05, 0) is 51.1 Å². The van der Waals surface area contributed by atoms with Gasteiger partial charge >= 0.3 is 0 Å². The van der Waals surface area contributed by atoms with Gasteiger partial charge in [0.15, 0.2) is 0 Å². The Labute approximate surface area is 149 Å². The lowest BCUT2D eigenvalue weighted by Crippen LogP contribution is -2.46. The van der Waals surface area contributed by atoms with Crippen LogP contribution in [0.15, 0.2) is 34.1 Å². The molecule has 1 saturated heterocycles. The predicted molar refractivity (Wildman–Crippen MR) is 94.1 cm³/mol. The van der Waals surface area contributed by atoms with Crippen molar-refractivity contribution in [1.82, 2.24) is 9.62 Å². The molecule has 10 heteroatoms. The third-order valence-electron chi connectivity index (χ3n) is 3.90. The van der Waals surface area contributed by atoms with Crippen molar-refractivity contribution in [3.63, 3.8) is 0 Å². The second-order valence-corrected chi connectivity index (χ2v) is 9.61. The van der Waals surface area contributed by atoms with Crippen molar-refractivity contribution in [3.8, 4) is 0 Å².